The second kappa shape index (κ2) is 7.73. The Bertz CT molecular complexity index is 1060. The van der Waals surface area contributed by atoms with Crippen LogP contribution in [0.5, 0.6) is 0 Å². The summed E-state index contributed by atoms with van der Waals surface area (Å²) in [6.45, 7) is 0. The zero-order valence-corrected chi connectivity index (χ0v) is 15.7. The molecule has 0 saturated heterocycles. The summed E-state index contributed by atoms with van der Waals surface area (Å²) in [5.41, 5.74) is 13.9. The largest absolute Gasteiger partial charge is 0.461 e. The van der Waals surface area contributed by atoms with Gasteiger partial charge in [-0.05, 0) is 24.3 Å². The lowest BCUT2D eigenvalue weighted by molar-refractivity contribution is 0.512. The van der Waals surface area contributed by atoms with Crippen LogP contribution in [0.3, 0.4) is 0 Å². The number of nitrogens with two attached hydrogens (primary N) is 2. The predicted molar refractivity (Wildman–Crippen MR) is 112 cm³/mol. The maximum atomic E-state index is 7.67. The van der Waals surface area contributed by atoms with Crippen molar-refractivity contribution in [1.29, 1.82) is 10.8 Å². The molecular formula is C19H18Cl2N4O2. The molecule has 0 fully saturated rings. The van der Waals surface area contributed by atoms with Gasteiger partial charge in [-0.1, -0.05) is 24.3 Å². The van der Waals surface area contributed by atoms with E-state index in [4.69, 9.17) is 31.1 Å². The van der Waals surface area contributed by atoms with Gasteiger partial charge in [0, 0.05) is 21.9 Å². The molecule has 2 aromatic heterocycles. The van der Waals surface area contributed by atoms with Gasteiger partial charge in [-0.25, -0.2) is 0 Å². The van der Waals surface area contributed by atoms with Crippen molar-refractivity contribution >= 4 is 58.4 Å². The minimum Gasteiger partial charge on any atom is -0.461 e. The second-order valence-corrected chi connectivity index (χ2v) is 5.86. The van der Waals surface area contributed by atoms with Crippen LogP contribution in [-0.4, -0.2) is 11.7 Å². The fourth-order valence-electron chi connectivity index (χ4n) is 3.04. The summed E-state index contributed by atoms with van der Waals surface area (Å²) >= 11 is 0. The van der Waals surface area contributed by atoms with Crippen LogP contribution in [-0.2, 0) is 6.42 Å². The average Bonchev–Trinajstić information content (AvgIpc) is 3.16. The van der Waals surface area contributed by atoms with Crippen molar-refractivity contribution in [3.8, 4) is 0 Å². The summed E-state index contributed by atoms with van der Waals surface area (Å²) < 4.78 is 11.7. The van der Waals surface area contributed by atoms with Crippen molar-refractivity contribution in [3.63, 3.8) is 0 Å². The lowest BCUT2D eigenvalue weighted by Crippen LogP contribution is -2.10. The molecule has 0 bridgehead atoms. The highest BCUT2D eigenvalue weighted by Crippen LogP contribution is 2.28. The highest BCUT2D eigenvalue weighted by molar-refractivity contribution is 6.07. The van der Waals surface area contributed by atoms with Crippen LogP contribution in [0.4, 0.5) is 0 Å². The minimum atomic E-state index is 0. The molecular weight excluding hydrogens is 387 g/mol. The molecule has 4 aromatic rings. The topological polar surface area (TPSA) is 126 Å². The van der Waals surface area contributed by atoms with Gasteiger partial charge in [0.15, 0.2) is 0 Å². The molecule has 0 saturated carbocycles. The molecule has 0 aliphatic heterocycles. The van der Waals surface area contributed by atoms with E-state index in [0.717, 1.165) is 10.8 Å². The van der Waals surface area contributed by atoms with Crippen LogP contribution < -0.4 is 11.5 Å². The lowest BCUT2D eigenvalue weighted by Gasteiger charge is -1.97. The molecule has 0 spiro atoms. The highest BCUT2D eigenvalue weighted by Gasteiger charge is 2.14. The number of hydrogen-bond donors (Lipinski definition) is 4. The van der Waals surface area contributed by atoms with E-state index in [1.165, 1.54) is 0 Å². The number of rotatable bonds is 4. The minimum absolute atomic E-state index is 0. The van der Waals surface area contributed by atoms with Crippen LogP contribution in [0, 0.1) is 10.8 Å². The summed E-state index contributed by atoms with van der Waals surface area (Å²) in [5.74, 6) is 1.44. The zero-order valence-electron chi connectivity index (χ0n) is 14.1. The summed E-state index contributed by atoms with van der Waals surface area (Å²) in [5, 5.41) is 17.0. The molecule has 140 valence electrons. The normalized spacial score (nSPS) is 10.4. The standard InChI is InChI=1S/C19H16N4O2.2ClH/c20-18(21)12-3-1-5-16-14(12)8-10(24-16)7-11-9-15-13(19(22)23)4-2-6-17(15)25-11;;/h1-6,8-9H,7H2,(H3,20,21)(H3,22,23);2*1H. The molecule has 0 aliphatic carbocycles. The Labute approximate surface area is 167 Å². The molecule has 4 rings (SSSR count). The van der Waals surface area contributed by atoms with Crippen LogP contribution in [0.15, 0.2) is 57.4 Å². The first-order chi connectivity index (χ1) is 12.0. The van der Waals surface area contributed by atoms with E-state index in [1.807, 2.05) is 36.4 Å². The number of hydrogen-bond acceptors (Lipinski definition) is 4. The van der Waals surface area contributed by atoms with Crippen LogP contribution >= 0.6 is 24.8 Å². The monoisotopic (exact) mass is 404 g/mol. The average molecular weight is 405 g/mol. The number of benzene rings is 2. The van der Waals surface area contributed by atoms with Crippen molar-refractivity contribution in [3.05, 3.63) is 71.2 Å². The Balaban J connectivity index is 0.00000131. The molecule has 27 heavy (non-hydrogen) atoms. The summed E-state index contributed by atoms with van der Waals surface area (Å²) in [6, 6.07) is 14.7. The summed E-state index contributed by atoms with van der Waals surface area (Å²) in [7, 11) is 0. The van der Waals surface area contributed by atoms with Crippen molar-refractivity contribution in [2.75, 3.05) is 0 Å². The maximum Gasteiger partial charge on any atom is 0.135 e. The molecule has 8 heteroatoms. The third-order valence-corrected chi connectivity index (χ3v) is 4.15. The molecule has 0 amide bonds. The Morgan fingerprint density at radius 2 is 1.15 bits per heavy atom. The first kappa shape index (κ1) is 20.4. The Morgan fingerprint density at radius 3 is 1.52 bits per heavy atom. The number of halogens is 2. The quantitative estimate of drug-likeness (QED) is 0.300. The summed E-state index contributed by atoms with van der Waals surface area (Å²) in [6.07, 6.45) is 0.456. The number of furan rings is 2. The van der Waals surface area contributed by atoms with Crippen molar-refractivity contribution in [2.24, 2.45) is 11.5 Å². The van der Waals surface area contributed by atoms with E-state index < -0.39 is 0 Å². The van der Waals surface area contributed by atoms with E-state index in [2.05, 4.69) is 0 Å². The molecule has 2 heterocycles. The van der Waals surface area contributed by atoms with Gasteiger partial charge < -0.3 is 20.3 Å². The van der Waals surface area contributed by atoms with Gasteiger partial charge >= 0.3 is 0 Å². The molecule has 6 N–H and O–H groups in total. The van der Waals surface area contributed by atoms with Gasteiger partial charge in [-0.15, -0.1) is 24.8 Å². The van der Waals surface area contributed by atoms with Gasteiger partial charge in [-0.3, -0.25) is 10.8 Å². The van der Waals surface area contributed by atoms with Gasteiger partial charge in [0.05, 0.1) is 6.42 Å². The van der Waals surface area contributed by atoms with Gasteiger partial charge in [0.25, 0.3) is 0 Å². The number of amidine groups is 2. The first-order valence-corrected chi connectivity index (χ1v) is 7.74. The van der Waals surface area contributed by atoms with Gasteiger partial charge in [-0.2, -0.15) is 0 Å². The molecule has 0 atom stereocenters. The predicted octanol–water partition coefficient (Wildman–Crippen LogP) is 4.18. The SMILES string of the molecule is Cl.Cl.N=C(N)c1cccc2oc(Cc3cc4c(C(=N)N)cccc4o3)cc12. The fraction of sp³-hybridized carbons (Fsp3) is 0.0526. The van der Waals surface area contributed by atoms with Gasteiger partial charge in [0.1, 0.15) is 34.4 Å². The fourth-order valence-corrected chi connectivity index (χ4v) is 3.04. The smallest absolute Gasteiger partial charge is 0.135 e. The van der Waals surface area contributed by atoms with E-state index in [-0.39, 0.29) is 36.5 Å². The van der Waals surface area contributed by atoms with Crippen molar-refractivity contribution < 1.29 is 8.83 Å². The van der Waals surface area contributed by atoms with E-state index >= 15 is 0 Å². The van der Waals surface area contributed by atoms with Crippen molar-refractivity contribution in [2.45, 2.75) is 6.42 Å². The third kappa shape index (κ3) is 3.63. The molecule has 0 unspecified atom stereocenters. The zero-order chi connectivity index (χ0) is 17.6. The van der Waals surface area contributed by atoms with E-state index in [0.29, 0.717) is 40.2 Å². The third-order valence-electron chi connectivity index (χ3n) is 4.15. The van der Waals surface area contributed by atoms with Crippen LogP contribution in [0.1, 0.15) is 22.6 Å². The Morgan fingerprint density at radius 1 is 0.741 bits per heavy atom. The summed E-state index contributed by atoms with van der Waals surface area (Å²) in [4.78, 5) is 0. The Kier molecular flexibility index (Phi) is 5.83. The molecule has 6 nitrogen and oxygen atoms in total. The van der Waals surface area contributed by atoms with E-state index in [9.17, 15) is 0 Å². The molecule has 0 radical (unpaired) electrons. The van der Waals surface area contributed by atoms with Crippen LogP contribution in [0.2, 0.25) is 0 Å². The highest BCUT2D eigenvalue weighted by atomic mass is 35.5. The van der Waals surface area contributed by atoms with Crippen LogP contribution in [0.25, 0.3) is 21.9 Å². The maximum absolute atomic E-state index is 7.67. The number of nitrogen functional groups attached to an aromatic ring is 2. The molecule has 2 aromatic carbocycles. The number of fused-ring (bicyclic) bond motifs is 2. The second-order valence-electron chi connectivity index (χ2n) is 5.86. The van der Waals surface area contributed by atoms with Gasteiger partial charge in [0.2, 0.25) is 0 Å². The lowest BCUT2D eigenvalue weighted by atomic mass is 10.1. The first-order valence-electron chi connectivity index (χ1n) is 7.74. The van der Waals surface area contributed by atoms with E-state index in [1.54, 1.807) is 12.1 Å². The van der Waals surface area contributed by atoms with Crippen molar-refractivity contribution in [1.82, 2.24) is 0 Å². The Hall–Kier alpha value is -2.96. The number of nitrogens with one attached hydrogen (secondary N) is 2. The molecule has 0 aliphatic rings.